The van der Waals surface area contributed by atoms with Crippen molar-refractivity contribution in [2.45, 2.75) is 5.54 Å². The van der Waals surface area contributed by atoms with Gasteiger partial charge in [-0.3, -0.25) is 35.2 Å². The van der Waals surface area contributed by atoms with Crippen molar-refractivity contribution in [1.29, 1.82) is 0 Å². The van der Waals surface area contributed by atoms with Crippen LogP contribution in [0.3, 0.4) is 0 Å². The molecule has 4 amide bonds. The van der Waals surface area contributed by atoms with Crippen molar-refractivity contribution >= 4 is 29.2 Å². The predicted molar refractivity (Wildman–Crippen MR) is 133 cm³/mol. The number of amides is 4. The van der Waals surface area contributed by atoms with Gasteiger partial charge in [-0.1, -0.05) is 30.3 Å². The minimum Gasteiger partial charge on any atom is -0.457 e. The van der Waals surface area contributed by atoms with Crippen LogP contribution in [0.5, 0.6) is 11.5 Å². The Morgan fingerprint density at radius 2 is 1.32 bits per heavy atom. The monoisotopic (exact) mass is 501 g/mol. The molecule has 188 valence electrons. The average Bonchev–Trinajstić information content (AvgIpc) is 2.90. The summed E-state index contributed by atoms with van der Waals surface area (Å²) >= 11 is 0. The second-order valence-electron chi connectivity index (χ2n) is 8.63. The first-order valence-electron chi connectivity index (χ1n) is 11.6. The van der Waals surface area contributed by atoms with Gasteiger partial charge in [0.15, 0.2) is 0 Å². The van der Waals surface area contributed by atoms with Gasteiger partial charge in [0.05, 0.1) is 4.92 Å². The summed E-state index contributed by atoms with van der Waals surface area (Å²) in [7, 11) is 0. The van der Waals surface area contributed by atoms with E-state index in [4.69, 9.17) is 4.74 Å². The van der Waals surface area contributed by atoms with E-state index in [1.807, 2.05) is 35.2 Å². The molecule has 2 heterocycles. The number of nitro benzene ring substituents is 1. The van der Waals surface area contributed by atoms with Crippen LogP contribution < -0.4 is 20.3 Å². The number of non-ortho nitro benzene ring substituents is 1. The van der Waals surface area contributed by atoms with E-state index < -0.39 is 28.3 Å². The van der Waals surface area contributed by atoms with Gasteiger partial charge in [-0.2, -0.15) is 0 Å². The van der Waals surface area contributed by atoms with Crippen LogP contribution in [0.15, 0.2) is 78.9 Å². The van der Waals surface area contributed by atoms with E-state index >= 15 is 0 Å². The molecule has 2 N–H and O–H groups in total. The van der Waals surface area contributed by atoms with E-state index in [1.54, 1.807) is 41.3 Å². The second-order valence-corrected chi connectivity index (χ2v) is 8.63. The fourth-order valence-electron chi connectivity index (χ4n) is 4.73. The van der Waals surface area contributed by atoms with Gasteiger partial charge in [0.1, 0.15) is 11.5 Å². The Morgan fingerprint density at radius 3 is 1.89 bits per heavy atom. The van der Waals surface area contributed by atoms with Gasteiger partial charge >= 0.3 is 6.03 Å². The van der Waals surface area contributed by atoms with E-state index in [1.165, 1.54) is 12.1 Å². The van der Waals surface area contributed by atoms with E-state index in [2.05, 4.69) is 10.6 Å². The molecule has 2 aliphatic heterocycles. The summed E-state index contributed by atoms with van der Waals surface area (Å²) in [6, 6.07) is 21.2. The van der Waals surface area contributed by atoms with E-state index in [0.717, 1.165) is 5.69 Å². The number of barbiturate groups is 1. The lowest BCUT2D eigenvalue weighted by Gasteiger charge is -2.47. The number of urea groups is 1. The van der Waals surface area contributed by atoms with Gasteiger partial charge in [-0.25, -0.2) is 4.79 Å². The zero-order chi connectivity index (χ0) is 26.0. The fraction of sp³-hybridized carbons (Fsp3) is 0.192. The summed E-state index contributed by atoms with van der Waals surface area (Å²) in [4.78, 5) is 52.8. The number of nitro groups is 1. The number of hydrogen-bond acceptors (Lipinski definition) is 8. The van der Waals surface area contributed by atoms with Crippen LogP contribution in [0.4, 0.5) is 16.2 Å². The van der Waals surface area contributed by atoms with Crippen molar-refractivity contribution in [3.8, 4) is 11.5 Å². The van der Waals surface area contributed by atoms with Crippen LogP contribution >= 0.6 is 0 Å². The maximum Gasteiger partial charge on any atom is 0.328 e. The zero-order valence-electron chi connectivity index (χ0n) is 19.6. The van der Waals surface area contributed by atoms with Gasteiger partial charge in [-0.05, 0) is 42.0 Å². The number of nitrogens with one attached hydrogen (secondary N) is 2. The number of para-hydroxylation sites is 1. The van der Waals surface area contributed by atoms with Gasteiger partial charge in [0, 0.05) is 44.0 Å². The highest BCUT2D eigenvalue weighted by Crippen LogP contribution is 2.35. The SMILES string of the molecule is O=C1NC(=O)C(c2ccc(Oc3ccccc3)cc2)(N2CCN(c3ccc([N+](=O)[O-])cc3)CC2)C(=O)N1. The lowest BCUT2D eigenvalue weighted by molar-refractivity contribution is -0.384. The Kier molecular flexibility index (Phi) is 6.28. The number of carbonyl (C=O) groups excluding carboxylic acids is 3. The van der Waals surface area contributed by atoms with Crippen molar-refractivity contribution in [3.05, 3.63) is 94.5 Å². The molecule has 0 bridgehead atoms. The van der Waals surface area contributed by atoms with Gasteiger partial charge in [-0.15, -0.1) is 0 Å². The predicted octanol–water partition coefficient (Wildman–Crippen LogP) is 2.77. The molecule has 0 radical (unpaired) electrons. The van der Waals surface area contributed by atoms with Crippen LogP contribution in [0.2, 0.25) is 0 Å². The maximum absolute atomic E-state index is 13.3. The smallest absolute Gasteiger partial charge is 0.328 e. The summed E-state index contributed by atoms with van der Waals surface area (Å²) in [5.41, 5.74) is -0.546. The molecule has 0 atom stereocenters. The summed E-state index contributed by atoms with van der Waals surface area (Å²) in [6.45, 7) is 1.58. The molecule has 2 saturated heterocycles. The van der Waals surface area contributed by atoms with Crippen LogP contribution in [-0.4, -0.2) is 53.8 Å². The third-order valence-electron chi connectivity index (χ3n) is 6.54. The Balaban J connectivity index is 1.40. The molecule has 3 aromatic rings. The molecule has 5 rings (SSSR count). The van der Waals surface area contributed by atoms with Crippen molar-refractivity contribution in [1.82, 2.24) is 15.5 Å². The number of ether oxygens (including phenoxy) is 1. The van der Waals surface area contributed by atoms with E-state index in [9.17, 15) is 24.5 Å². The molecule has 0 spiro atoms. The Hall–Kier alpha value is -4.77. The minimum atomic E-state index is -1.75. The highest BCUT2D eigenvalue weighted by Gasteiger charge is 2.56. The quantitative estimate of drug-likeness (QED) is 0.299. The molecule has 0 saturated carbocycles. The average molecular weight is 501 g/mol. The molecule has 37 heavy (non-hydrogen) atoms. The molecular formula is C26H23N5O6. The second kappa shape index (κ2) is 9.70. The molecule has 0 unspecified atom stereocenters. The van der Waals surface area contributed by atoms with Gasteiger partial charge in [0.2, 0.25) is 5.54 Å². The Bertz CT molecular complexity index is 1320. The number of rotatable bonds is 6. The molecular weight excluding hydrogens is 478 g/mol. The van der Waals surface area contributed by atoms with Crippen LogP contribution in [0, 0.1) is 10.1 Å². The van der Waals surface area contributed by atoms with E-state index in [-0.39, 0.29) is 5.69 Å². The lowest BCUT2D eigenvalue weighted by Crippen LogP contribution is -2.73. The largest absolute Gasteiger partial charge is 0.457 e. The molecule has 0 aliphatic carbocycles. The lowest BCUT2D eigenvalue weighted by atomic mass is 9.84. The maximum atomic E-state index is 13.3. The number of piperazine rings is 1. The summed E-state index contributed by atoms with van der Waals surface area (Å²) in [6.07, 6.45) is 0. The summed E-state index contributed by atoms with van der Waals surface area (Å²) in [5, 5.41) is 15.5. The fourth-order valence-corrected chi connectivity index (χ4v) is 4.73. The topological polar surface area (TPSA) is 134 Å². The first-order valence-corrected chi connectivity index (χ1v) is 11.6. The van der Waals surface area contributed by atoms with Crippen molar-refractivity contribution in [3.63, 3.8) is 0 Å². The molecule has 3 aromatic carbocycles. The number of anilines is 1. The number of nitrogens with zero attached hydrogens (tertiary/aromatic N) is 3. The summed E-state index contributed by atoms with van der Waals surface area (Å²) < 4.78 is 5.84. The van der Waals surface area contributed by atoms with Crippen LogP contribution in [0.25, 0.3) is 0 Å². The van der Waals surface area contributed by atoms with E-state index in [0.29, 0.717) is 43.2 Å². The highest BCUT2D eigenvalue weighted by molar-refractivity contribution is 6.22. The third-order valence-corrected chi connectivity index (χ3v) is 6.54. The van der Waals surface area contributed by atoms with Crippen LogP contribution in [-0.2, 0) is 15.1 Å². The number of carbonyl (C=O) groups is 3. The Labute approximate surface area is 211 Å². The minimum absolute atomic E-state index is 0.00115. The van der Waals surface area contributed by atoms with Crippen LogP contribution in [0.1, 0.15) is 5.56 Å². The molecule has 2 aliphatic rings. The third kappa shape index (κ3) is 4.47. The molecule has 11 nitrogen and oxygen atoms in total. The van der Waals surface area contributed by atoms with Crippen molar-refractivity contribution < 1.29 is 24.0 Å². The molecule has 0 aromatic heterocycles. The standard InChI is InChI=1S/C26H23N5O6/c32-23-26(24(33)28-25(34)27-23,18-6-12-22(13-7-18)37-21-4-2-1-3-5-21)30-16-14-29(15-17-30)19-8-10-20(11-9-19)31(35)36/h1-13H,14-17H2,(H2,27,28,32,33,34). The number of benzene rings is 3. The van der Waals surface area contributed by atoms with Gasteiger partial charge in [0.25, 0.3) is 17.5 Å². The highest BCUT2D eigenvalue weighted by atomic mass is 16.6. The molecule has 11 heteroatoms. The first-order chi connectivity index (χ1) is 17.9. The number of imide groups is 2. The Morgan fingerprint density at radius 1 is 0.757 bits per heavy atom. The van der Waals surface area contributed by atoms with Crippen molar-refractivity contribution in [2.24, 2.45) is 0 Å². The molecule has 2 fully saturated rings. The number of hydrogen-bond donors (Lipinski definition) is 2. The zero-order valence-corrected chi connectivity index (χ0v) is 19.6. The van der Waals surface area contributed by atoms with Crippen molar-refractivity contribution in [2.75, 3.05) is 31.1 Å². The summed E-state index contributed by atoms with van der Waals surface area (Å²) in [5.74, 6) is -0.268. The van der Waals surface area contributed by atoms with Gasteiger partial charge < -0.3 is 9.64 Å². The first kappa shape index (κ1) is 23.9. The normalized spacial score (nSPS) is 17.6.